The van der Waals surface area contributed by atoms with Gasteiger partial charge in [0.1, 0.15) is 12.1 Å². The maximum Gasteiger partial charge on any atom is 0.130 e. The first kappa shape index (κ1) is 10.5. The minimum atomic E-state index is -0.258. The van der Waals surface area contributed by atoms with Crippen LogP contribution in [0.2, 0.25) is 0 Å². The standard InChI is InChI=1S/C13H18O3/c1-8(15)3-10-11-4-9-5-13(10,7-14)6-12(9,2)16-11/h7,9-11H,3-6H2,1-2H3. The fourth-order valence-corrected chi connectivity index (χ4v) is 4.41. The topological polar surface area (TPSA) is 43.4 Å². The lowest BCUT2D eigenvalue weighted by molar-refractivity contribution is -0.152. The van der Waals surface area contributed by atoms with Gasteiger partial charge in [0.15, 0.2) is 0 Å². The zero-order valence-electron chi connectivity index (χ0n) is 9.86. The zero-order valence-corrected chi connectivity index (χ0v) is 9.86. The van der Waals surface area contributed by atoms with Crippen molar-refractivity contribution < 1.29 is 14.3 Å². The van der Waals surface area contributed by atoms with Crippen molar-refractivity contribution >= 4 is 12.1 Å². The Morgan fingerprint density at radius 1 is 1.56 bits per heavy atom. The van der Waals surface area contributed by atoms with Crippen LogP contribution < -0.4 is 0 Å². The van der Waals surface area contributed by atoms with Gasteiger partial charge in [-0.25, -0.2) is 0 Å². The molecule has 2 saturated carbocycles. The summed E-state index contributed by atoms with van der Waals surface area (Å²) in [6.07, 6.45) is 4.57. The number of rotatable bonds is 3. The van der Waals surface area contributed by atoms with Gasteiger partial charge in [0.25, 0.3) is 0 Å². The molecule has 0 aromatic carbocycles. The number of Topliss-reactive ketones (excluding diaryl/α,β-unsaturated/α-hetero) is 1. The maximum atomic E-state index is 11.5. The van der Waals surface area contributed by atoms with Gasteiger partial charge >= 0.3 is 0 Å². The van der Waals surface area contributed by atoms with E-state index in [9.17, 15) is 9.59 Å². The minimum absolute atomic E-state index is 0.0845. The van der Waals surface area contributed by atoms with E-state index < -0.39 is 0 Å². The fourth-order valence-electron chi connectivity index (χ4n) is 4.41. The second-order valence-corrected chi connectivity index (χ2v) is 6.15. The van der Waals surface area contributed by atoms with Crippen LogP contribution in [0.3, 0.4) is 0 Å². The van der Waals surface area contributed by atoms with E-state index >= 15 is 0 Å². The third-order valence-electron chi connectivity index (χ3n) is 5.04. The summed E-state index contributed by atoms with van der Waals surface area (Å²) in [5, 5.41) is 0. The summed E-state index contributed by atoms with van der Waals surface area (Å²) in [5.74, 6) is 0.842. The predicted molar refractivity (Wildman–Crippen MR) is 57.9 cm³/mol. The van der Waals surface area contributed by atoms with Crippen molar-refractivity contribution in [2.75, 3.05) is 0 Å². The summed E-state index contributed by atoms with van der Waals surface area (Å²) in [5.41, 5.74) is -0.342. The van der Waals surface area contributed by atoms with E-state index in [1.807, 2.05) is 0 Å². The number of carbonyl (C=O) groups is 2. The zero-order chi connectivity index (χ0) is 11.6. The fraction of sp³-hybridized carbons (Fsp3) is 0.846. The van der Waals surface area contributed by atoms with Crippen molar-refractivity contribution in [3.8, 4) is 0 Å². The Kier molecular flexibility index (Phi) is 1.93. The van der Waals surface area contributed by atoms with Crippen LogP contribution in [-0.2, 0) is 14.3 Å². The van der Waals surface area contributed by atoms with E-state index in [0.29, 0.717) is 12.3 Å². The quantitative estimate of drug-likeness (QED) is 0.683. The highest BCUT2D eigenvalue weighted by Gasteiger charge is 2.67. The number of aldehydes is 1. The van der Waals surface area contributed by atoms with Crippen molar-refractivity contribution in [1.82, 2.24) is 0 Å². The van der Waals surface area contributed by atoms with Crippen LogP contribution in [0.15, 0.2) is 0 Å². The molecule has 16 heavy (non-hydrogen) atoms. The average molecular weight is 222 g/mol. The average Bonchev–Trinajstić information content (AvgIpc) is 2.57. The first-order valence-corrected chi connectivity index (χ1v) is 6.13. The number of hydrogen-bond acceptors (Lipinski definition) is 3. The summed E-state index contributed by atoms with van der Waals surface area (Å²) in [6.45, 7) is 3.74. The highest BCUT2D eigenvalue weighted by molar-refractivity contribution is 5.77. The Labute approximate surface area is 95.5 Å². The summed E-state index contributed by atoms with van der Waals surface area (Å²) in [4.78, 5) is 22.8. The van der Waals surface area contributed by atoms with Gasteiger partial charge in [0.05, 0.1) is 11.7 Å². The molecule has 0 radical (unpaired) electrons. The largest absolute Gasteiger partial charge is 0.371 e. The van der Waals surface area contributed by atoms with Gasteiger partial charge in [-0.1, -0.05) is 0 Å². The maximum absolute atomic E-state index is 11.5. The van der Waals surface area contributed by atoms with Crippen LogP contribution in [0.4, 0.5) is 0 Å². The number of carbonyl (C=O) groups excluding carboxylic acids is 2. The van der Waals surface area contributed by atoms with Crippen molar-refractivity contribution in [1.29, 1.82) is 0 Å². The highest BCUT2D eigenvalue weighted by atomic mass is 16.5. The van der Waals surface area contributed by atoms with Gasteiger partial charge in [-0.05, 0) is 39.0 Å². The Morgan fingerprint density at radius 3 is 2.88 bits per heavy atom. The number of hydrogen-bond donors (Lipinski definition) is 0. The molecule has 0 spiro atoms. The molecule has 0 amide bonds. The minimum Gasteiger partial charge on any atom is -0.371 e. The van der Waals surface area contributed by atoms with E-state index in [2.05, 4.69) is 6.92 Å². The molecule has 0 N–H and O–H groups in total. The molecule has 2 aliphatic carbocycles. The Balaban J connectivity index is 1.96. The van der Waals surface area contributed by atoms with Gasteiger partial charge in [-0.2, -0.15) is 0 Å². The van der Waals surface area contributed by atoms with Crippen LogP contribution in [0.5, 0.6) is 0 Å². The van der Waals surface area contributed by atoms with Crippen molar-refractivity contribution in [3.05, 3.63) is 0 Å². The molecule has 4 bridgehead atoms. The lowest BCUT2D eigenvalue weighted by Gasteiger charge is -2.43. The van der Waals surface area contributed by atoms with E-state index in [1.54, 1.807) is 6.92 Å². The SMILES string of the molecule is CC(=O)CC1C2CC3CC1(C=O)CC3(C)O2. The Hall–Kier alpha value is -0.700. The molecular weight excluding hydrogens is 204 g/mol. The molecule has 88 valence electrons. The van der Waals surface area contributed by atoms with Gasteiger partial charge < -0.3 is 14.3 Å². The van der Waals surface area contributed by atoms with Gasteiger partial charge in [0, 0.05) is 17.8 Å². The molecule has 4 rings (SSSR count). The summed E-state index contributed by atoms with van der Waals surface area (Å²) >= 11 is 0. The molecule has 2 aliphatic heterocycles. The molecule has 4 fully saturated rings. The lowest BCUT2D eigenvalue weighted by Crippen LogP contribution is -2.47. The van der Waals surface area contributed by atoms with Crippen LogP contribution in [0.25, 0.3) is 0 Å². The normalized spacial score (nSPS) is 53.2. The van der Waals surface area contributed by atoms with E-state index in [-0.39, 0.29) is 28.8 Å². The Morgan fingerprint density at radius 2 is 2.31 bits per heavy atom. The molecule has 3 nitrogen and oxygen atoms in total. The molecule has 0 aromatic rings. The van der Waals surface area contributed by atoms with Crippen LogP contribution in [0.1, 0.15) is 39.5 Å². The predicted octanol–water partition coefficient (Wildman–Crippen LogP) is 1.74. The summed E-state index contributed by atoms with van der Waals surface area (Å²) in [6, 6.07) is 0. The number of ether oxygens (including phenoxy) is 1. The first-order valence-electron chi connectivity index (χ1n) is 6.13. The second kappa shape index (κ2) is 2.95. The third-order valence-corrected chi connectivity index (χ3v) is 5.04. The second-order valence-electron chi connectivity index (χ2n) is 6.15. The van der Waals surface area contributed by atoms with Gasteiger partial charge in [-0.15, -0.1) is 0 Å². The molecule has 4 aliphatic rings. The smallest absolute Gasteiger partial charge is 0.130 e. The van der Waals surface area contributed by atoms with Crippen molar-refractivity contribution in [2.24, 2.45) is 17.3 Å². The molecule has 5 atom stereocenters. The van der Waals surface area contributed by atoms with E-state index in [1.165, 1.54) is 0 Å². The van der Waals surface area contributed by atoms with Crippen LogP contribution >= 0.6 is 0 Å². The van der Waals surface area contributed by atoms with Gasteiger partial charge in [0.2, 0.25) is 0 Å². The van der Waals surface area contributed by atoms with Crippen LogP contribution in [0, 0.1) is 17.3 Å². The van der Waals surface area contributed by atoms with Gasteiger partial charge in [-0.3, -0.25) is 0 Å². The molecule has 2 heterocycles. The lowest BCUT2D eigenvalue weighted by atomic mass is 9.65. The van der Waals surface area contributed by atoms with E-state index in [4.69, 9.17) is 4.74 Å². The first-order chi connectivity index (χ1) is 7.49. The van der Waals surface area contributed by atoms with E-state index in [0.717, 1.165) is 25.5 Å². The summed E-state index contributed by atoms with van der Waals surface area (Å²) in [7, 11) is 0. The summed E-state index contributed by atoms with van der Waals surface area (Å²) < 4.78 is 6.07. The number of ketones is 1. The highest BCUT2D eigenvalue weighted by Crippen LogP contribution is 2.65. The van der Waals surface area contributed by atoms with Crippen LogP contribution in [-0.4, -0.2) is 23.8 Å². The Bertz CT molecular complexity index is 364. The molecular formula is C13H18O3. The monoisotopic (exact) mass is 222 g/mol. The molecule has 5 unspecified atom stereocenters. The van der Waals surface area contributed by atoms with Crippen molar-refractivity contribution in [2.45, 2.75) is 51.2 Å². The molecule has 0 aromatic heterocycles. The molecule has 2 saturated heterocycles. The third kappa shape index (κ3) is 1.12. The molecule has 3 heteroatoms. The van der Waals surface area contributed by atoms with Crippen molar-refractivity contribution in [3.63, 3.8) is 0 Å².